The fourth-order valence-corrected chi connectivity index (χ4v) is 4.46. The summed E-state index contributed by atoms with van der Waals surface area (Å²) in [4.78, 5) is 26.1. The maximum atomic E-state index is 12.2. The third-order valence-corrected chi connectivity index (χ3v) is 6.09. The predicted molar refractivity (Wildman–Crippen MR) is 87.0 cm³/mol. The Morgan fingerprint density at radius 3 is 2.76 bits per heavy atom. The van der Waals surface area contributed by atoms with Gasteiger partial charge in [0, 0.05) is 22.0 Å². The number of imide groups is 1. The van der Waals surface area contributed by atoms with Gasteiger partial charge in [-0.3, -0.25) is 14.5 Å². The minimum Gasteiger partial charge on any atom is -0.281 e. The van der Waals surface area contributed by atoms with E-state index in [-0.39, 0.29) is 23.6 Å². The van der Waals surface area contributed by atoms with Crippen molar-refractivity contribution in [1.82, 2.24) is 4.90 Å². The molecule has 0 fully saturated rings. The molecule has 0 saturated heterocycles. The fraction of sp³-hybridized carbons (Fsp3) is 0.200. The van der Waals surface area contributed by atoms with Crippen LogP contribution in [0.2, 0.25) is 0 Å². The average Bonchev–Trinajstić information content (AvgIpc) is 2.90. The molecule has 0 N–H and O–H groups in total. The second kappa shape index (κ2) is 5.55. The molecule has 0 radical (unpaired) electrons. The molecule has 1 aromatic carbocycles. The minimum atomic E-state index is -0.319. The van der Waals surface area contributed by atoms with Crippen LogP contribution in [-0.2, 0) is 11.2 Å². The molecule has 3 nitrogen and oxygen atoms in total. The number of rotatable bonds is 2. The molecule has 1 aliphatic rings. The van der Waals surface area contributed by atoms with Crippen LogP contribution in [0.5, 0.6) is 0 Å². The van der Waals surface area contributed by atoms with E-state index >= 15 is 0 Å². The molecule has 3 rings (SSSR count). The molecule has 2 amide bonds. The lowest BCUT2D eigenvalue weighted by Gasteiger charge is -2.24. The molecule has 0 bridgehead atoms. The van der Waals surface area contributed by atoms with Gasteiger partial charge < -0.3 is 0 Å². The van der Waals surface area contributed by atoms with E-state index in [9.17, 15) is 9.59 Å². The van der Waals surface area contributed by atoms with Crippen LogP contribution in [0.1, 0.15) is 31.7 Å². The Labute approximate surface area is 139 Å². The number of hydrogen-bond acceptors (Lipinski definition) is 3. The second-order valence-electron chi connectivity index (χ2n) is 4.85. The highest BCUT2D eigenvalue weighted by atomic mass is 79.9. The number of hydrogen-bond donors (Lipinski definition) is 0. The molecule has 1 aliphatic heterocycles. The highest BCUT2D eigenvalue weighted by Crippen LogP contribution is 2.38. The first-order chi connectivity index (χ1) is 9.99. The average molecular weight is 385 g/mol. The number of benzene rings is 1. The number of amides is 2. The lowest BCUT2D eigenvalue weighted by atomic mass is 9.95. The van der Waals surface area contributed by atoms with E-state index < -0.39 is 0 Å². The lowest BCUT2D eigenvalue weighted by molar-refractivity contribution is -0.127. The molecule has 0 saturated carbocycles. The molecule has 1 atom stereocenters. The molecule has 1 aromatic heterocycles. The van der Waals surface area contributed by atoms with E-state index in [2.05, 4.69) is 15.9 Å². The Balaban J connectivity index is 2.02. The summed E-state index contributed by atoms with van der Waals surface area (Å²) in [7, 11) is 1.51. The first-order valence-electron chi connectivity index (χ1n) is 6.29. The van der Waals surface area contributed by atoms with Gasteiger partial charge in [0.05, 0.1) is 11.8 Å². The predicted octanol–water partition coefficient (Wildman–Crippen LogP) is 3.99. The van der Waals surface area contributed by atoms with Crippen molar-refractivity contribution in [3.8, 4) is 0 Å². The van der Waals surface area contributed by atoms with Gasteiger partial charge in [0.2, 0.25) is 5.91 Å². The summed E-state index contributed by atoms with van der Waals surface area (Å²) in [6.45, 7) is 0. The van der Waals surface area contributed by atoms with E-state index in [0.29, 0.717) is 5.56 Å². The molecule has 0 aliphatic carbocycles. The van der Waals surface area contributed by atoms with Crippen molar-refractivity contribution in [2.24, 2.45) is 0 Å². The van der Waals surface area contributed by atoms with Crippen molar-refractivity contribution in [3.05, 3.63) is 55.7 Å². The van der Waals surface area contributed by atoms with Gasteiger partial charge in [0.15, 0.2) is 0 Å². The van der Waals surface area contributed by atoms with E-state index in [1.807, 2.05) is 23.6 Å². The van der Waals surface area contributed by atoms with Crippen LogP contribution in [-0.4, -0.2) is 23.8 Å². The van der Waals surface area contributed by atoms with Crippen molar-refractivity contribution in [2.75, 3.05) is 7.05 Å². The first-order valence-corrected chi connectivity index (χ1v) is 8.40. The van der Waals surface area contributed by atoms with Crippen LogP contribution in [0.15, 0.2) is 34.1 Å². The van der Waals surface area contributed by atoms with Gasteiger partial charge in [-0.25, -0.2) is 0 Å². The van der Waals surface area contributed by atoms with Crippen LogP contribution in [0, 0.1) is 0 Å². The van der Waals surface area contributed by atoms with Gasteiger partial charge in [0.25, 0.3) is 5.91 Å². The lowest BCUT2D eigenvalue weighted by Crippen LogP contribution is -2.39. The van der Waals surface area contributed by atoms with Crippen molar-refractivity contribution < 1.29 is 9.59 Å². The first kappa shape index (κ1) is 14.8. The van der Waals surface area contributed by atoms with Crippen LogP contribution in [0.25, 0.3) is 0 Å². The van der Waals surface area contributed by atoms with Crippen molar-refractivity contribution in [1.29, 1.82) is 0 Å². The molecule has 0 spiro atoms. The SMILES string of the molecule is CN1C(=O)Cc2ccc(C(Cl)c3sccc3Br)cc2C1=O. The molecule has 2 heterocycles. The Morgan fingerprint density at radius 1 is 1.33 bits per heavy atom. The quantitative estimate of drug-likeness (QED) is 0.580. The van der Waals surface area contributed by atoms with Gasteiger partial charge in [-0.15, -0.1) is 22.9 Å². The maximum Gasteiger partial charge on any atom is 0.260 e. The number of thiophene rings is 1. The van der Waals surface area contributed by atoms with Gasteiger partial charge >= 0.3 is 0 Å². The zero-order chi connectivity index (χ0) is 15.1. The van der Waals surface area contributed by atoms with Crippen LogP contribution < -0.4 is 0 Å². The molecule has 108 valence electrons. The molecule has 1 unspecified atom stereocenters. The zero-order valence-electron chi connectivity index (χ0n) is 11.1. The van der Waals surface area contributed by atoms with Crippen LogP contribution in [0.3, 0.4) is 0 Å². The second-order valence-corrected chi connectivity index (χ2v) is 7.09. The summed E-state index contributed by atoms with van der Waals surface area (Å²) < 4.78 is 0.962. The highest BCUT2D eigenvalue weighted by Gasteiger charge is 2.29. The van der Waals surface area contributed by atoms with Crippen molar-refractivity contribution in [2.45, 2.75) is 11.8 Å². The van der Waals surface area contributed by atoms with E-state index in [0.717, 1.165) is 25.4 Å². The smallest absolute Gasteiger partial charge is 0.260 e. The molecular weight excluding hydrogens is 374 g/mol. The number of carbonyl (C=O) groups is 2. The van der Waals surface area contributed by atoms with Crippen LogP contribution >= 0.6 is 38.9 Å². The molecule has 6 heteroatoms. The monoisotopic (exact) mass is 383 g/mol. The number of likely N-dealkylation sites (N-methyl/N-ethyl adjacent to an activating group) is 1. The Bertz CT molecular complexity index is 743. The van der Waals surface area contributed by atoms with E-state index in [4.69, 9.17) is 11.6 Å². The molecular formula is C15H11BrClNO2S. The number of alkyl halides is 1. The van der Waals surface area contributed by atoms with Gasteiger partial charge in [-0.2, -0.15) is 0 Å². The van der Waals surface area contributed by atoms with E-state index in [1.165, 1.54) is 7.05 Å². The molecule has 21 heavy (non-hydrogen) atoms. The largest absolute Gasteiger partial charge is 0.281 e. The number of halogens is 2. The van der Waals surface area contributed by atoms with Crippen LogP contribution in [0.4, 0.5) is 0 Å². The van der Waals surface area contributed by atoms with Gasteiger partial charge in [0.1, 0.15) is 0 Å². The summed E-state index contributed by atoms with van der Waals surface area (Å²) in [5.41, 5.74) is 2.18. The van der Waals surface area contributed by atoms with Crippen molar-refractivity contribution in [3.63, 3.8) is 0 Å². The number of nitrogens with zero attached hydrogens (tertiary/aromatic N) is 1. The Morgan fingerprint density at radius 2 is 2.10 bits per heavy atom. The summed E-state index contributed by atoms with van der Waals surface area (Å²) in [5.74, 6) is -0.444. The summed E-state index contributed by atoms with van der Waals surface area (Å²) in [6, 6.07) is 7.45. The maximum absolute atomic E-state index is 12.2. The third-order valence-electron chi connectivity index (χ3n) is 3.55. The zero-order valence-corrected chi connectivity index (χ0v) is 14.3. The molecule has 2 aromatic rings. The third kappa shape index (κ3) is 2.54. The highest BCUT2D eigenvalue weighted by molar-refractivity contribution is 9.10. The topological polar surface area (TPSA) is 37.4 Å². The summed E-state index contributed by atoms with van der Waals surface area (Å²) in [5, 5.41) is 1.64. The van der Waals surface area contributed by atoms with Gasteiger partial charge in [-0.1, -0.05) is 12.1 Å². The van der Waals surface area contributed by atoms with Crippen molar-refractivity contribution >= 4 is 50.7 Å². The van der Waals surface area contributed by atoms with E-state index in [1.54, 1.807) is 17.4 Å². The summed E-state index contributed by atoms with van der Waals surface area (Å²) >= 11 is 11.6. The standard InChI is InChI=1S/C15H11BrClNO2S/c1-18-12(19)7-8-2-3-9(6-10(8)15(18)20)13(17)14-11(16)4-5-21-14/h2-6,13H,7H2,1H3. The minimum absolute atomic E-state index is 0.177. The van der Waals surface area contributed by atoms with Gasteiger partial charge in [-0.05, 0) is 44.6 Å². The summed E-state index contributed by atoms with van der Waals surface area (Å²) in [6.07, 6.45) is 0.257. The Kier molecular flexibility index (Phi) is 3.90. The number of fused-ring (bicyclic) bond motifs is 1. The fourth-order valence-electron chi connectivity index (χ4n) is 2.32. The normalized spacial score (nSPS) is 16.0. The number of carbonyl (C=O) groups excluding carboxylic acids is 2. The Hall–Kier alpha value is -1.17.